The van der Waals surface area contributed by atoms with Crippen molar-refractivity contribution in [3.8, 4) is 0 Å². The van der Waals surface area contributed by atoms with Crippen LogP contribution in [-0.4, -0.2) is 39.9 Å². The van der Waals surface area contributed by atoms with Crippen molar-refractivity contribution in [2.45, 2.75) is 37.6 Å². The molecule has 1 unspecified atom stereocenters. The van der Waals surface area contributed by atoms with E-state index in [9.17, 15) is 8.78 Å². The van der Waals surface area contributed by atoms with Crippen molar-refractivity contribution in [2.75, 3.05) is 23.3 Å². The maximum absolute atomic E-state index is 15.0. The Hall–Kier alpha value is -3.92. The fourth-order valence-electron chi connectivity index (χ4n) is 5.13. The summed E-state index contributed by atoms with van der Waals surface area (Å²) in [5.41, 5.74) is 1.70. The van der Waals surface area contributed by atoms with Crippen molar-refractivity contribution in [3.05, 3.63) is 77.5 Å². The van der Waals surface area contributed by atoms with E-state index in [4.69, 9.17) is 5.41 Å². The second kappa shape index (κ2) is 8.63. The fourth-order valence-corrected chi connectivity index (χ4v) is 5.13. The lowest BCUT2D eigenvalue weighted by atomic mass is 9.77. The highest BCUT2D eigenvalue weighted by Gasteiger charge is 2.38. The van der Waals surface area contributed by atoms with Crippen molar-refractivity contribution in [3.63, 3.8) is 0 Å². The third kappa shape index (κ3) is 3.69. The first kappa shape index (κ1) is 22.5. The van der Waals surface area contributed by atoms with Gasteiger partial charge in [-0.2, -0.15) is 5.10 Å². The lowest BCUT2D eigenvalue weighted by Gasteiger charge is -2.31. The smallest absolute Gasteiger partial charge is 0.182 e. The van der Waals surface area contributed by atoms with Gasteiger partial charge in [0.25, 0.3) is 0 Å². The lowest BCUT2D eigenvalue weighted by Crippen LogP contribution is -2.33. The Bertz CT molecular complexity index is 1400. The molecule has 3 aromatic rings. The molecule has 3 aliphatic heterocycles. The molecule has 184 valence electrons. The van der Waals surface area contributed by atoms with Gasteiger partial charge in [0, 0.05) is 35.2 Å². The minimum atomic E-state index is -0.979. The largest absolute Gasteiger partial charge is 0.338 e. The zero-order chi connectivity index (χ0) is 24.9. The van der Waals surface area contributed by atoms with Crippen LogP contribution in [0.4, 0.5) is 26.0 Å². The predicted molar refractivity (Wildman–Crippen MR) is 135 cm³/mol. The summed E-state index contributed by atoms with van der Waals surface area (Å²) in [5.74, 6) is -0.976. The molecule has 0 bridgehead atoms. The molecule has 1 fully saturated rings. The first-order chi connectivity index (χ1) is 17.4. The SMILES string of the molecule is CC1(c2cnn(C3CCNCC3)c2)C=NC(=N)C(=C2Nc3cccnc3N2c2cccc(F)c2F)C1. The highest BCUT2D eigenvalue weighted by molar-refractivity contribution is 6.07. The molecule has 3 aliphatic rings. The average Bonchev–Trinajstić information content (AvgIpc) is 3.54. The van der Waals surface area contributed by atoms with Gasteiger partial charge in [-0.3, -0.25) is 15.0 Å². The topological polar surface area (TPSA) is 94.2 Å². The Kier molecular flexibility index (Phi) is 5.40. The average molecular weight is 489 g/mol. The first-order valence-electron chi connectivity index (χ1n) is 12.0. The normalized spacial score (nSPS) is 24.2. The van der Waals surface area contributed by atoms with E-state index < -0.39 is 17.0 Å². The molecular formula is C26H26F2N8. The van der Waals surface area contributed by atoms with Gasteiger partial charge in [0.15, 0.2) is 23.3 Å². The maximum Gasteiger partial charge on any atom is 0.182 e. The molecule has 1 atom stereocenters. The number of rotatable bonds is 3. The van der Waals surface area contributed by atoms with E-state index in [1.54, 1.807) is 18.5 Å². The van der Waals surface area contributed by atoms with E-state index in [2.05, 4.69) is 38.8 Å². The Labute approximate surface area is 207 Å². The monoisotopic (exact) mass is 488 g/mol. The summed E-state index contributed by atoms with van der Waals surface area (Å²) in [6.45, 7) is 4.00. The zero-order valence-electron chi connectivity index (χ0n) is 19.8. The van der Waals surface area contributed by atoms with Gasteiger partial charge in [-0.25, -0.2) is 18.8 Å². The van der Waals surface area contributed by atoms with Crippen LogP contribution >= 0.6 is 0 Å². The molecule has 0 radical (unpaired) electrons. The van der Waals surface area contributed by atoms with Gasteiger partial charge in [0.2, 0.25) is 0 Å². The van der Waals surface area contributed by atoms with Crippen LogP contribution in [0.25, 0.3) is 0 Å². The van der Waals surface area contributed by atoms with Crippen LogP contribution < -0.4 is 15.5 Å². The summed E-state index contributed by atoms with van der Waals surface area (Å²) < 4.78 is 31.2. The number of aliphatic imine (C=N–C) groups is 1. The Morgan fingerprint density at radius 2 is 1.97 bits per heavy atom. The summed E-state index contributed by atoms with van der Waals surface area (Å²) in [5, 5.41) is 19.9. The van der Waals surface area contributed by atoms with E-state index in [0.29, 0.717) is 35.4 Å². The number of nitrogens with one attached hydrogen (secondary N) is 3. The Morgan fingerprint density at radius 3 is 2.81 bits per heavy atom. The minimum absolute atomic E-state index is 0.0187. The molecule has 1 aromatic carbocycles. The minimum Gasteiger partial charge on any atom is -0.338 e. The molecule has 10 heteroatoms. The van der Waals surface area contributed by atoms with Gasteiger partial charge >= 0.3 is 0 Å². The van der Waals surface area contributed by atoms with E-state index in [0.717, 1.165) is 37.6 Å². The Balaban J connectivity index is 1.42. The molecule has 0 spiro atoms. The summed E-state index contributed by atoms with van der Waals surface area (Å²) in [4.78, 5) is 10.4. The third-order valence-corrected chi connectivity index (χ3v) is 7.19. The molecular weight excluding hydrogens is 462 g/mol. The second-order valence-electron chi connectivity index (χ2n) is 9.63. The highest BCUT2D eigenvalue weighted by Crippen LogP contribution is 2.45. The van der Waals surface area contributed by atoms with Crippen molar-refractivity contribution in [1.29, 1.82) is 5.41 Å². The summed E-state index contributed by atoms with van der Waals surface area (Å²) in [6.07, 6.45) is 9.80. The van der Waals surface area contributed by atoms with Crippen LogP contribution in [0, 0.1) is 17.0 Å². The number of benzene rings is 1. The lowest BCUT2D eigenvalue weighted by molar-refractivity contribution is 0.342. The Morgan fingerprint density at radius 1 is 1.14 bits per heavy atom. The van der Waals surface area contributed by atoms with Crippen molar-refractivity contribution < 1.29 is 8.78 Å². The van der Waals surface area contributed by atoms with Crippen LogP contribution in [0.3, 0.4) is 0 Å². The zero-order valence-corrected chi connectivity index (χ0v) is 19.8. The fraction of sp³-hybridized carbons (Fsp3) is 0.308. The van der Waals surface area contributed by atoms with Crippen LogP contribution in [0.15, 0.2) is 65.3 Å². The van der Waals surface area contributed by atoms with E-state index in [1.165, 1.54) is 17.0 Å². The van der Waals surface area contributed by atoms with Gasteiger partial charge in [-0.05, 0) is 56.6 Å². The molecule has 36 heavy (non-hydrogen) atoms. The number of amidine groups is 1. The van der Waals surface area contributed by atoms with Gasteiger partial charge < -0.3 is 10.6 Å². The van der Waals surface area contributed by atoms with E-state index in [-0.39, 0.29) is 11.5 Å². The maximum atomic E-state index is 15.0. The molecule has 2 aromatic heterocycles. The van der Waals surface area contributed by atoms with Crippen molar-refractivity contribution >= 4 is 29.2 Å². The number of hydrogen-bond donors (Lipinski definition) is 3. The predicted octanol–water partition coefficient (Wildman–Crippen LogP) is 4.67. The standard InChI is InChI=1S/C26H26F2N8/c1-26(16-13-33-35(14-16)17-7-10-30-11-8-17)12-18(23(29)32-15-26)24-34-20-5-3-9-31-25(20)36(24)21-6-2-4-19(27)22(21)28/h2-6,9,13-15,17,29-30,34H,7-8,10-12H2,1H3. The molecule has 1 saturated heterocycles. The molecule has 0 saturated carbocycles. The number of piperidine rings is 1. The number of pyridine rings is 1. The number of hydrogen-bond acceptors (Lipinski definition) is 6. The number of aromatic nitrogens is 3. The highest BCUT2D eigenvalue weighted by atomic mass is 19.2. The van der Waals surface area contributed by atoms with Crippen LogP contribution in [-0.2, 0) is 5.41 Å². The van der Waals surface area contributed by atoms with E-state index in [1.807, 2.05) is 16.9 Å². The number of nitrogens with zero attached hydrogens (tertiary/aromatic N) is 5. The van der Waals surface area contributed by atoms with Gasteiger partial charge in [-0.1, -0.05) is 13.0 Å². The van der Waals surface area contributed by atoms with Crippen molar-refractivity contribution in [1.82, 2.24) is 20.1 Å². The van der Waals surface area contributed by atoms with Gasteiger partial charge in [-0.15, -0.1) is 0 Å². The van der Waals surface area contributed by atoms with Crippen molar-refractivity contribution in [2.24, 2.45) is 4.99 Å². The molecule has 0 aliphatic carbocycles. The van der Waals surface area contributed by atoms with E-state index >= 15 is 0 Å². The van der Waals surface area contributed by atoms with Crippen LogP contribution in [0.2, 0.25) is 0 Å². The molecule has 8 nitrogen and oxygen atoms in total. The third-order valence-electron chi connectivity index (χ3n) is 7.19. The van der Waals surface area contributed by atoms with Gasteiger partial charge in [0.05, 0.1) is 23.6 Å². The molecule has 5 heterocycles. The van der Waals surface area contributed by atoms with Gasteiger partial charge in [0.1, 0.15) is 5.82 Å². The first-order valence-corrected chi connectivity index (χ1v) is 12.0. The number of fused-ring (bicyclic) bond motifs is 1. The number of anilines is 3. The van der Waals surface area contributed by atoms with Crippen LogP contribution in [0.5, 0.6) is 0 Å². The summed E-state index contributed by atoms with van der Waals surface area (Å²) >= 11 is 0. The number of halogens is 2. The molecule has 6 rings (SSSR count). The second-order valence-corrected chi connectivity index (χ2v) is 9.63. The summed E-state index contributed by atoms with van der Waals surface area (Å²) in [6, 6.07) is 7.98. The summed E-state index contributed by atoms with van der Waals surface area (Å²) in [7, 11) is 0. The van der Waals surface area contributed by atoms with Crippen LogP contribution in [0.1, 0.15) is 37.8 Å². The molecule has 0 amide bonds. The molecule has 3 N–H and O–H groups in total. The quantitative estimate of drug-likeness (QED) is 0.498.